The number of fused-ring (bicyclic) bond motifs is 1. The molecule has 0 spiro atoms. The van der Waals surface area contributed by atoms with E-state index in [0.29, 0.717) is 5.69 Å². The molecule has 0 aromatic carbocycles. The summed E-state index contributed by atoms with van der Waals surface area (Å²) in [5.41, 5.74) is -0.307. The number of amides is 1. The summed E-state index contributed by atoms with van der Waals surface area (Å²) in [7, 11) is 1.46. The van der Waals surface area contributed by atoms with Crippen LogP contribution in [0.15, 0.2) is 34.0 Å². The number of aromatic nitrogens is 5. The Bertz CT molecular complexity index is 1000. The molecule has 4 N–H and O–H groups in total. The molecular formula is C14H14N6O4. The second kappa shape index (κ2) is 5.99. The first kappa shape index (κ1) is 15.5. The molecule has 1 amide bonds. The molecule has 0 aliphatic heterocycles. The Morgan fingerprint density at radius 3 is 2.83 bits per heavy atom. The molecule has 3 aromatic rings. The number of aryl methyl sites for hydroxylation is 1. The van der Waals surface area contributed by atoms with Gasteiger partial charge in [-0.3, -0.25) is 19.3 Å². The maximum absolute atomic E-state index is 11.9. The summed E-state index contributed by atoms with van der Waals surface area (Å²) in [4.78, 5) is 47.9. The third-order valence-corrected chi connectivity index (χ3v) is 3.54. The van der Waals surface area contributed by atoms with Crippen molar-refractivity contribution >= 4 is 17.3 Å². The normalized spacial score (nSPS) is 12.2. The molecule has 1 unspecified atom stereocenters. The van der Waals surface area contributed by atoms with E-state index in [1.807, 2.05) is 0 Å². The molecule has 24 heavy (non-hydrogen) atoms. The monoisotopic (exact) mass is 330 g/mol. The quantitative estimate of drug-likeness (QED) is 0.525. The first-order chi connectivity index (χ1) is 11.5. The van der Waals surface area contributed by atoms with Crippen LogP contribution in [0.5, 0.6) is 0 Å². The van der Waals surface area contributed by atoms with E-state index in [9.17, 15) is 14.4 Å². The van der Waals surface area contributed by atoms with Crippen molar-refractivity contribution in [1.29, 1.82) is 0 Å². The Morgan fingerprint density at radius 1 is 1.38 bits per heavy atom. The lowest BCUT2D eigenvalue weighted by molar-refractivity contribution is 0.189. The molecule has 10 nitrogen and oxygen atoms in total. The predicted octanol–water partition coefficient (Wildman–Crippen LogP) is -0.104. The molecule has 3 heterocycles. The van der Waals surface area contributed by atoms with Gasteiger partial charge in [0.2, 0.25) is 0 Å². The summed E-state index contributed by atoms with van der Waals surface area (Å²) in [6.45, 7) is 0. The van der Waals surface area contributed by atoms with Gasteiger partial charge in [0.1, 0.15) is 11.3 Å². The average Bonchev–Trinajstić information content (AvgIpc) is 2.99. The van der Waals surface area contributed by atoms with E-state index in [1.54, 1.807) is 24.4 Å². The molecule has 0 bridgehead atoms. The number of imidazole rings is 1. The average molecular weight is 330 g/mol. The highest BCUT2D eigenvalue weighted by Crippen LogP contribution is 2.16. The second-order valence-electron chi connectivity index (χ2n) is 5.17. The van der Waals surface area contributed by atoms with Crippen molar-refractivity contribution in [2.75, 3.05) is 0 Å². The molecule has 0 saturated carbocycles. The smallest absolute Gasteiger partial charge is 0.405 e. The fourth-order valence-corrected chi connectivity index (χ4v) is 2.38. The van der Waals surface area contributed by atoms with E-state index >= 15 is 0 Å². The van der Waals surface area contributed by atoms with Crippen molar-refractivity contribution in [1.82, 2.24) is 29.8 Å². The topological polar surface area (TPSA) is 146 Å². The third-order valence-electron chi connectivity index (χ3n) is 3.54. The molecule has 0 radical (unpaired) electrons. The van der Waals surface area contributed by atoms with Crippen molar-refractivity contribution in [2.45, 2.75) is 12.5 Å². The van der Waals surface area contributed by atoms with Crippen molar-refractivity contribution in [3.8, 4) is 0 Å². The van der Waals surface area contributed by atoms with E-state index in [2.05, 4.69) is 25.3 Å². The molecule has 3 aromatic heterocycles. The highest BCUT2D eigenvalue weighted by molar-refractivity contribution is 5.70. The van der Waals surface area contributed by atoms with Gasteiger partial charge in [-0.2, -0.15) is 0 Å². The largest absolute Gasteiger partial charge is 0.465 e. The summed E-state index contributed by atoms with van der Waals surface area (Å²) < 4.78 is 1.18. The Kier molecular flexibility index (Phi) is 3.86. The summed E-state index contributed by atoms with van der Waals surface area (Å²) in [5, 5.41) is 11.4. The van der Waals surface area contributed by atoms with Crippen LogP contribution in [0, 0.1) is 0 Å². The lowest BCUT2D eigenvalue weighted by atomic mass is 10.1. The van der Waals surface area contributed by atoms with Crippen LogP contribution in [-0.2, 0) is 13.5 Å². The Balaban J connectivity index is 2.07. The second-order valence-corrected chi connectivity index (χ2v) is 5.17. The van der Waals surface area contributed by atoms with Gasteiger partial charge in [-0.25, -0.2) is 14.6 Å². The molecule has 0 aliphatic rings. The summed E-state index contributed by atoms with van der Waals surface area (Å²) in [5.74, 6) is 0.227. The number of aromatic amines is 2. The van der Waals surface area contributed by atoms with Crippen molar-refractivity contribution in [3.05, 3.63) is 56.8 Å². The summed E-state index contributed by atoms with van der Waals surface area (Å²) in [6.07, 6.45) is 0.596. The van der Waals surface area contributed by atoms with Gasteiger partial charge in [0.05, 0.1) is 6.04 Å². The zero-order valence-electron chi connectivity index (χ0n) is 12.6. The molecule has 0 fully saturated rings. The zero-order valence-corrected chi connectivity index (χ0v) is 12.6. The summed E-state index contributed by atoms with van der Waals surface area (Å²) >= 11 is 0. The minimum absolute atomic E-state index is 0.102. The number of carbonyl (C=O) groups is 1. The van der Waals surface area contributed by atoms with Gasteiger partial charge in [-0.1, -0.05) is 6.07 Å². The number of carboxylic acid groups (broad SMARTS) is 1. The predicted molar refractivity (Wildman–Crippen MR) is 83.8 cm³/mol. The molecule has 0 aliphatic carbocycles. The van der Waals surface area contributed by atoms with Gasteiger partial charge >= 0.3 is 11.8 Å². The molecule has 124 valence electrons. The highest BCUT2D eigenvalue weighted by Gasteiger charge is 2.21. The van der Waals surface area contributed by atoms with Gasteiger partial charge in [-0.05, 0) is 12.1 Å². The highest BCUT2D eigenvalue weighted by atomic mass is 16.4. The number of hydrogen-bond acceptors (Lipinski definition) is 5. The number of pyridine rings is 1. The number of hydrogen-bond donors (Lipinski definition) is 4. The van der Waals surface area contributed by atoms with E-state index in [0.717, 1.165) is 0 Å². The van der Waals surface area contributed by atoms with Gasteiger partial charge in [0.15, 0.2) is 5.65 Å². The van der Waals surface area contributed by atoms with Crippen LogP contribution >= 0.6 is 0 Å². The minimum atomic E-state index is -1.24. The first-order valence-electron chi connectivity index (χ1n) is 7.04. The SMILES string of the molecule is Cn1c(=O)[nH]c(=O)c2[nH]c(C(Cc3ccccn3)NC(=O)O)nc21. The summed E-state index contributed by atoms with van der Waals surface area (Å²) in [6, 6.07) is 4.54. The Hall–Kier alpha value is -3.43. The lowest BCUT2D eigenvalue weighted by Crippen LogP contribution is -2.29. The number of nitrogens with zero attached hydrogens (tertiary/aromatic N) is 3. The van der Waals surface area contributed by atoms with Crippen LogP contribution in [-0.4, -0.2) is 35.7 Å². The molecule has 3 rings (SSSR count). The minimum Gasteiger partial charge on any atom is -0.465 e. The van der Waals surface area contributed by atoms with Crippen molar-refractivity contribution < 1.29 is 9.90 Å². The lowest BCUT2D eigenvalue weighted by Gasteiger charge is -2.13. The first-order valence-corrected chi connectivity index (χ1v) is 7.04. The van der Waals surface area contributed by atoms with Crippen LogP contribution in [0.4, 0.5) is 4.79 Å². The van der Waals surface area contributed by atoms with Gasteiger partial charge in [0, 0.05) is 25.4 Å². The van der Waals surface area contributed by atoms with Crippen molar-refractivity contribution in [3.63, 3.8) is 0 Å². The Morgan fingerprint density at radius 2 is 2.17 bits per heavy atom. The van der Waals surface area contributed by atoms with Crippen LogP contribution in [0.25, 0.3) is 11.2 Å². The molecular weight excluding hydrogens is 316 g/mol. The van der Waals surface area contributed by atoms with Gasteiger partial charge in [-0.15, -0.1) is 0 Å². The number of H-pyrrole nitrogens is 2. The number of nitrogens with one attached hydrogen (secondary N) is 3. The fraction of sp³-hybridized carbons (Fsp3) is 0.214. The van der Waals surface area contributed by atoms with Crippen LogP contribution in [0.1, 0.15) is 17.6 Å². The van der Waals surface area contributed by atoms with E-state index < -0.39 is 23.4 Å². The van der Waals surface area contributed by atoms with Crippen LogP contribution < -0.4 is 16.6 Å². The van der Waals surface area contributed by atoms with Crippen LogP contribution in [0.3, 0.4) is 0 Å². The van der Waals surface area contributed by atoms with E-state index in [1.165, 1.54) is 11.6 Å². The van der Waals surface area contributed by atoms with E-state index in [4.69, 9.17) is 5.11 Å². The maximum Gasteiger partial charge on any atom is 0.405 e. The zero-order chi connectivity index (χ0) is 17.3. The Labute approximate surface area is 134 Å². The molecule has 10 heteroatoms. The standard InChI is InChI=1S/C14H14N6O4/c1-20-11-9(12(21)19-13(20)22)17-10(18-11)8(16-14(23)24)6-7-4-2-3-5-15-7/h2-5,8,16H,6H2,1H3,(H,17,18)(H,23,24)(H,19,21,22). The molecule has 1 atom stereocenters. The van der Waals surface area contributed by atoms with Crippen LogP contribution in [0.2, 0.25) is 0 Å². The van der Waals surface area contributed by atoms with Gasteiger partial charge < -0.3 is 15.4 Å². The van der Waals surface area contributed by atoms with Crippen molar-refractivity contribution in [2.24, 2.45) is 7.05 Å². The fourth-order valence-electron chi connectivity index (χ4n) is 2.38. The number of rotatable bonds is 4. The van der Waals surface area contributed by atoms with E-state index in [-0.39, 0.29) is 23.4 Å². The third kappa shape index (κ3) is 2.89. The molecule has 0 saturated heterocycles. The van der Waals surface area contributed by atoms with Gasteiger partial charge in [0.25, 0.3) is 5.56 Å². The maximum atomic E-state index is 11.9.